The molecule has 0 saturated heterocycles. The summed E-state index contributed by atoms with van der Waals surface area (Å²) in [7, 11) is 0. The molecule has 3 aromatic rings. The van der Waals surface area contributed by atoms with Gasteiger partial charge in [-0.25, -0.2) is 9.37 Å². The number of halogens is 1. The van der Waals surface area contributed by atoms with Crippen LogP contribution in [0.5, 0.6) is 11.6 Å². The molecule has 0 amide bonds. The second-order valence-electron chi connectivity index (χ2n) is 9.34. The zero-order valence-corrected chi connectivity index (χ0v) is 21.2. The predicted molar refractivity (Wildman–Crippen MR) is 142 cm³/mol. The number of hydrogen-bond donors (Lipinski definition) is 0. The molecule has 1 aromatic heterocycles. The molecule has 2 aromatic carbocycles. The van der Waals surface area contributed by atoms with E-state index in [1.807, 2.05) is 24.3 Å². The van der Waals surface area contributed by atoms with E-state index in [1.165, 1.54) is 64.2 Å². The standard InChI is InChI=1S/C30H42FNO2/c1-3-5-7-9-11-13-14-22-33-28-20-17-24-25-18-21-29(34-23-15-12-10-8-6-4-2)32-27(25)19-16-26(24)30(28)31/h16-21H,3-15,22-23H2,1-2H3. The number of aromatic nitrogens is 1. The average molecular weight is 468 g/mol. The van der Waals surface area contributed by atoms with Crippen LogP contribution in [0.4, 0.5) is 4.39 Å². The Balaban J connectivity index is 1.54. The van der Waals surface area contributed by atoms with Crippen LogP contribution in [0, 0.1) is 5.82 Å². The van der Waals surface area contributed by atoms with Gasteiger partial charge >= 0.3 is 0 Å². The number of unbranched alkanes of at least 4 members (excludes halogenated alkanes) is 11. The first-order valence-electron chi connectivity index (χ1n) is 13.5. The lowest BCUT2D eigenvalue weighted by atomic mass is 10.0. The number of nitrogens with zero attached hydrogens (tertiary/aromatic N) is 1. The summed E-state index contributed by atoms with van der Waals surface area (Å²) < 4.78 is 26.8. The van der Waals surface area contributed by atoms with Crippen LogP contribution >= 0.6 is 0 Å². The van der Waals surface area contributed by atoms with Crippen LogP contribution in [0.3, 0.4) is 0 Å². The van der Waals surface area contributed by atoms with Crippen molar-refractivity contribution in [2.75, 3.05) is 13.2 Å². The maximum Gasteiger partial charge on any atom is 0.213 e. The molecule has 186 valence electrons. The van der Waals surface area contributed by atoms with Crippen molar-refractivity contribution in [3.63, 3.8) is 0 Å². The van der Waals surface area contributed by atoms with Gasteiger partial charge in [-0.05, 0) is 48.6 Å². The van der Waals surface area contributed by atoms with Crippen LogP contribution < -0.4 is 9.47 Å². The maximum atomic E-state index is 15.1. The van der Waals surface area contributed by atoms with Crippen LogP contribution in [-0.4, -0.2) is 18.2 Å². The molecule has 34 heavy (non-hydrogen) atoms. The molecule has 0 saturated carbocycles. The molecule has 0 radical (unpaired) electrons. The van der Waals surface area contributed by atoms with Gasteiger partial charge in [-0.2, -0.15) is 0 Å². The fourth-order valence-electron chi connectivity index (χ4n) is 4.44. The molecule has 0 aliphatic rings. The minimum atomic E-state index is -0.286. The van der Waals surface area contributed by atoms with E-state index in [0.717, 1.165) is 35.6 Å². The van der Waals surface area contributed by atoms with E-state index < -0.39 is 0 Å². The van der Waals surface area contributed by atoms with Gasteiger partial charge in [0, 0.05) is 16.8 Å². The first-order chi connectivity index (χ1) is 16.7. The van der Waals surface area contributed by atoms with Crippen LogP contribution in [0.1, 0.15) is 97.3 Å². The number of fused-ring (bicyclic) bond motifs is 3. The second kappa shape index (κ2) is 14.8. The lowest BCUT2D eigenvalue weighted by molar-refractivity contribution is 0.291. The van der Waals surface area contributed by atoms with Gasteiger partial charge in [0.15, 0.2) is 11.6 Å². The van der Waals surface area contributed by atoms with Crippen LogP contribution in [0.25, 0.3) is 21.7 Å². The van der Waals surface area contributed by atoms with Gasteiger partial charge in [0.1, 0.15) is 0 Å². The van der Waals surface area contributed by atoms with Crippen molar-refractivity contribution in [2.45, 2.75) is 97.3 Å². The number of hydrogen-bond acceptors (Lipinski definition) is 3. The number of pyridine rings is 1. The molecular formula is C30H42FNO2. The number of rotatable bonds is 17. The smallest absolute Gasteiger partial charge is 0.213 e. The van der Waals surface area contributed by atoms with Crippen LogP contribution in [-0.2, 0) is 0 Å². The van der Waals surface area contributed by atoms with Crippen molar-refractivity contribution >= 4 is 21.7 Å². The fourth-order valence-corrected chi connectivity index (χ4v) is 4.44. The molecule has 0 fully saturated rings. The van der Waals surface area contributed by atoms with E-state index in [-0.39, 0.29) is 5.82 Å². The molecule has 0 aliphatic heterocycles. The maximum absolute atomic E-state index is 15.1. The van der Waals surface area contributed by atoms with Crippen LogP contribution in [0.2, 0.25) is 0 Å². The van der Waals surface area contributed by atoms with Gasteiger partial charge < -0.3 is 9.47 Å². The Labute approximate surface area is 205 Å². The van der Waals surface area contributed by atoms with Crippen molar-refractivity contribution in [3.05, 3.63) is 42.2 Å². The summed E-state index contributed by atoms with van der Waals surface area (Å²) in [5, 5.41) is 2.36. The van der Waals surface area contributed by atoms with E-state index in [4.69, 9.17) is 9.47 Å². The normalized spacial score (nSPS) is 11.4. The minimum absolute atomic E-state index is 0.286. The van der Waals surface area contributed by atoms with Crippen molar-refractivity contribution in [1.29, 1.82) is 0 Å². The fraction of sp³-hybridized carbons (Fsp3) is 0.567. The predicted octanol–water partition coefficient (Wildman–Crippen LogP) is 9.40. The largest absolute Gasteiger partial charge is 0.490 e. The van der Waals surface area contributed by atoms with E-state index >= 15 is 4.39 Å². The van der Waals surface area contributed by atoms with Crippen molar-refractivity contribution in [1.82, 2.24) is 4.98 Å². The molecule has 0 spiro atoms. The van der Waals surface area contributed by atoms with Crippen molar-refractivity contribution in [2.24, 2.45) is 0 Å². The first-order valence-corrected chi connectivity index (χ1v) is 13.5. The second-order valence-corrected chi connectivity index (χ2v) is 9.34. The summed E-state index contributed by atoms with van der Waals surface area (Å²) in [5.74, 6) is 0.686. The molecule has 0 atom stereocenters. The molecule has 0 bridgehead atoms. The van der Waals surface area contributed by atoms with Gasteiger partial charge in [0.2, 0.25) is 5.88 Å². The number of benzene rings is 2. The zero-order valence-electron chi connectivity index (χ0n) is 21.2. The Morgan fingerprint density at radius 2 is 1.15 bits per heavy atom. The molecule has 0 N–H and O–H groups in total. The quantitative estimate of drug-likeness (QED) is 0.146. The minimum Gasteiger partial charge on any atom is -0.490 e. The Hall–Kier alpha value is -2.36. The highest BCUT2D eigenvalue weighted by Gasteiger charge is 2.12. The van der Waals surface area contributed by atoms with E-state index in [2.05, 4.69) is 18.8 Å². The molecule has 4 heteroatoms. The van der Waals surface area contributed by atoms with E-state index in [9.17, 15) is 0 Å². The molecule has 3 rings (SSSR count). The van der Waals surface area contributed by atoms with Crippen molar-refractivity contribution < 1.29 is 13.9 Å². The highest BCUT2D eigenvalue weighted by Crippen LogP contribution is 2.32. The highest BCUT2D eigenvalue weighted by atomic mass is 19.1. The molecule has 3 nitrogen and oxygen atoms in total. The summed E-state index contributed by atoms with van der Waals surface area (Å²) in [4.78, 5) is 4.65. The Morgan fingerprint density at radius 3 is 1.82 bits per heavy atom. The van der Waals surface area contributed by atoms with Gasteiger partial charge in [0.05, 0.1) is 18.7 Å². The summed E-state index contributed by atoms with van der Waals surface area (Å²) in [6, 6.07) is 11.2. The Morgan fingerprint density at radius 1 is 0.588 bits per heavy atom. The number of ether oxygens (including phenoxy) is 2. The monoisotopic (exact) mass is 467 g/mol. The lowest BCUT2D eigenvalue weighted by Crippen LogP contribution is -2.00. The summed E-state index contributed by atoms with van der Waals surface area (Å²) in [6.45, 7) is 5.71. The zero-order chi connectivity index (χ0) is 24.0. The Bertz CT molecular complexity index is 1000. The molecular weight excluding hydrogens is 425 g/mol. The summed E-state index contributed by atoms with van der Waals surface area (Å²) in [5.41, 5.74) is 0.823. The average Bonchev–Trinajstić information content (AvgIpc) is 2.86. The van der Waals surface area contributed by atoms with Gasteiger partial charge in [-0.1, -0.05) is 84.5 Å². The van der Waals surface area contributed by atoms with Crippen LogP contribution in [0.15, 0.2) is 36.4 Å². The molecule has 0 aliphatic carbocycles. The first kappa shape index (κ1) is 26.2. The third kappa shape index (κ3) is 7.85. The van der Waals surface area contributed by atoms with Crippen molar-refractivity contribution in [3.8, 4) is 11.6 Å². The Kier molecular flexibility index (Phi) is 11.4. The summed E-state index contributed by atoms with van der Waals surface area (Å²) in [6.07, 6.45) is 15.9. The molecule has 0 unspecified atom stereocenters. The highest BCUT2D eigenvalue weighted by molar-refractivity contribution is 6.06. The van der Waals surface area contributed by atoms with Gasteiger partial charge in [-0.15, -0.1) is 0 Å². The topological polar surface area (TPSA) is 31.4 Å². The van der Waals surface area contributed by atoms with Gasteiger partial charge in [0.25, 0.3) is 0 Å². The molecule has 1 heterocycles. The van der Waals surface area contributed by atoms with E-state index in [0.29, 0.717) is 30.2 Å². The third-order valence-corrected chi connectivity index (χ3v) is 6.49. The van der Waals surface area contributed by atoms with Gasteiger partial charge in [-0.3, -0.25) is 0 Å². The SMILES string of the molecule is CCCCCCCCCOc1ccc2c(ccc3nc(OCCCCCCCC)ccc32)c1F. The third-order valence-electron chi connectivity index (χ3n) is 6.49. The van der Waals surface area contributed by atoms with E-state index in [1.54, 1.807) is 12.1 Å². The summed E-state index contributed by atoms with van der Waals surface area (Å²) >= 11 is 0. The lowest BCUT2D eigenvalue weighted by Gasteiger charge is -2.11.